The molecule has 0 fully saturated rings. The molecule has 0 aliphatic carbocycles. The largest absolute Gasteiger partial charge is 0.340 e. The van der Waals surface area contributed by atoms with Crippen molar-refractivity contribution in [1.29, 1.82) is 5.26 Å². The maximum atomic E-state index is 8.79. The van der Waals surface area contributed by atoms with E-state index in [0.717, 1.165) is 11.4 Å². The number of para-hydroxylation sites is 1. The van der Waals surface area contributed by atoms with Gasteiger partial charge in [-0.05, 0) is 18.2 Å². The number of rotatable bonds is 5. The Hall–Kier alpha value is -2.58. The number of aromatic nitrogens is 1. The Morgan fingerprint density at radius 1 is 1.21 bits per heavy atom. The molecule has 5 heteroatoms. The molecule has 0 saturated carbocycles. The maximum absolute atomic E-state index is 8.79. The molecule has 2 rings (SSSR count). The topological polar surface area (TPSA) is 78.0 Å². The van der Waals surface area contributed by atoms with Gasteiger partial charge in [0.1, 0.15) is 5.82 Å². The lowest BCUT2D eigenvalue weighted by Crippen LogP contribution is -2.18. The van der Waals surface area contributed by atoms with E-state index in [2.05, 4.69) is 21.4 Å². The van der Waals surface area contributed by atoms with Crippen LogP contribution in [0.15, 0.2) is 48.7 Å². The molecule has 2 aromatic rings. The van der Waals surface area contributed by atoms with Crippen LogP contribution in [0.5, 0.6) is 0 Å². The van der Waals surface area contributed by atoms with Crippen LogP contribution in [0.25, 0.3) is 0 Å². The van der Waals surface area contributed by atoms with E-state index in [1.807, 2.05) is 42.5 Å². The van der Waals surface area contributed by atoms with E-state index in [0.29, 0.717) is 18.8 Å². The number of hydrogen-bond donors (Lipinski definition) is 2. The first kappa shape index (κ1) is 12.9. The fourth-order valence-electron chi connectivity index (χ4n) is 1.84. The van der Waals surface area contributed by atoms with Crippen molar-refractivity contribution in [1.82, 2.24) is 4.98 Å². The molecule has 0 bridgehead atoms. The molecule has 0 spiro atoms. The third kappa shape index (κ3) is 3.21. The molecule has 0 saturated heterocycles. The van der Waals surface area contributed by atoms with Crippen LogP contribution in [0.4, 0.5) is 17.2 Å². The second-order valence-electron chi connectivity index (χ2n) is 3.94. The van der Waals surface area contributed by atoms with Crippen LogP contribution in [0.1, 0.15) is 6.42 Å². The van der Waals surface area contributed by atoms with E-state index in [-0.39, 0.29) is 0 Å². The average molecular weight is 253 g/mol. The zero-order chi connectivity index (χ0) is 13.5. The summed E-state index contributed by atoms with van der Waals surface area (Å²) in [6.07, 6.45) is 2.13. The van der Waals surface area contributed by atoms with Gasteiger partial charge in [0, 0.05) is 30.2 Å². The smallest absolute Gasteiger partial charge is 0.141 e. The summed E-state index contributed by atoms with van der Waals surface area (Å²) in [5, 5.41) is 8.79. The fraction of sp³-hybridized carbons (Fsp3) is 0.143. The van der Waals surface area contributed by atoms with Crippen molar-refractivity contribution in [3.05, 3.63) is 48.7 Å². The van der Waals surface area contributed by atoms with Crippen LogP contribution in [0, 0.1) is 11.3 Å². The second kappa shape index (κ2) is 6.38. The van der Waals surface area contributed by atoms with Crippen molar-refractivity contribution in [2.75, 3.05) is 16.9 Å². The zero-order valence-electron chi connectivity index (χ0n) is 10.5. The molecule has 0 aliphatic rings. The first-order valence-corrected chi connectivity index (χ1v) is 5.97. The van der Waals surface area contributed by atoms with Crippen LogP contribution in [0.2, 0.25) is 0 Å². The predicted octanol–water partition coefficient (Wildman–Crippen LogP) is 2.42. The lowest BCUT2D eigenvalue weighted by molar-refractivity contribution is 0.946. The summed E-state index contributed by atoms with van der Waals surface area (Å²) in [4.78, 5) is 6.15. The number of hydrogen-bond acceptors (Lipinski definition) is 5. The number of nitrogen functional groups attached to an aromatic ring is 1. The van der Waals surface area contributed by atoms with Gasteiger partial charge < -0.3 is 10.3 Å². The lowest BCUT2D eigenvalue weighted by atomic mass is 10.2. The van der Waals surface area contributed by atoms with Gasteiger partial charge >= 0.3 is 0 Å². The number of nitriles is 1. The Morgan fingerprint density at radius 2 is 2.00 bits per heavy atom. The van der Waals surface area contributed by atoms with E-state index in [9.17, 15) is 0 Å². The highest BCUT2D eigenvalue weighted by molar-refractivity contribution is 5.65. The Morgan fingerprint density at radius 3 is 2.68 bits per heavy atom. The quantitative estimate of drug-likeness (QED) is 0.632. The number of anilines is 3. The Kier molecular flexibility index (Phi) is 4.32. The van der Waals surface area contributed by atoms with Crippen molar-refractivity contribution in [3.8, 4) is 6.07 Å². The first-order chi connectivity index (χ1) is 9.35. The van der Waals surface area contributed by atoms with Gasteiger partial charge in [0.2, 0.25) is 0 Å². The summed E-state index contributed by atoms with van der Waals surface area (Å²) in [7, 11) is 0. The normalized spacial score (nSPS) is 9.68. The average Bonchev–Trinajstić information content (AvgIpc) is 2.49. The first-order valence-electron chi connectivity index (χ1n) is 5.97. The summed E-state index contributed by atoms with van der Waals surface area (Å²) in [5.41, 5.74) is 4.51. The molecule has 0 amide bonds. The molecule has 0 unspecified atom stereocenters. The molecule has 1 aromatic carbocycles. The molecule has 0 radical (unpaired) electrons. The molecule has 0 atom stereocenters. The number of hydrazine groups is 1. The van der Waals surface area contributed by atoms with Gasteiger partial charge in [-0.1, -0.05) is 18.2 Å². The monoisotopic (exact) mass is 253 g/mol. The van der Waals surface area contributed by atoms with Gasteiger partial charge in [0.15, 0.2) is 0 Å². The molecule has 0 aliphatic heterocycles. The van der Waals surface area contributed by atoms with Gasteiger partial charge in [-0.25, -0.2) is 10.8 Å². The summed E-state index contributed by atoms with van der Waals surface area (Å²) in [6, 6.07) is 15.8. The molecule has 1 aromatic heterocycles. The number of nitrogens with one attached hydrogen (secondary N) is 1. The second-order valence-corrected chi connectivity index (χ2v) is 3.94. The minimum Gasteiger partial charge on any atom is -0.340 e. The minimum atomic E-state index is 0.447. The number of benzene rings is 1. The Bertz CT molecular complexity index is 562. The van der Waals surface area contributed by atoms with Gasteiger partial charge in [-0.15, -0.1) is 0 Å². The molecule has 96 valence electrons. The highest BCUT2D eigenvalue weighted by Crippen LogP contribution is 2.26. The SMILES string of the molecule is N#CCCN(c1ccccc1)c1ccnc(NN)c1. The fourth-order valence-corrected chi connectivity index (χ4v) is 1.84. The van der Waals surface area contributed by atoms with Crippen LogP contribution >= 0.6 is 0 Å². The van der Waals surface area contributed by atoms with E-state index < -0.39 is 0 Å². The maximum Gasteiger partial charge on any atom is 0.141 e. The van der Waals surface area contributed by atoms with Crippen LogP contribution in [0.3, 0.4) is 0 Å². The molecular formula is C14H15N5. The third-order valence-electron chi connectivity index (χ3n) is 2.72. The van der Waals surface area contributed by atoms with E-state index >= 15 is 0 Å². The summed E-state index contributed by atoms with van der Waals surface area (Å²) in [5.74, 6) is 5.97. The van der Waals surface area contributed by atoms with E-state index in [1.165, 1.54) is 0 Å². The van der Waals surface area contributed by atoms with Gasteiger partial charge in [0.05, 0.1) is 12.5 Å². The standard InChI is InChI=1S/C14H15N5/c15-8-4-10-19(12-5-2-1-3-6-12)13-7-9-17-14(11-13)18-16/h1-3,5-7,9,11H,4,10,16H2,(H,17,18). The highest BCUT2D eigenvalue weighted by Gasteiger charge is 2.09. The number of pyridine rings is 1. The summed E-state index contributed by atoms with van der Waals surface area (Å²) >= 11 is 0. The van der Waals surface area contributed by atoms with Gasteiger partial charge in [0.25, 0.3) is 0 Å². The lowest BCUT2D eigenvalue weighted by Gasteiger charge is -2.24. The summed E-state index contributed by atoms with van der Waals surface area (Å²) in [6.45, 7) is 0.620. The van der Waals surface area contributed by atoms with E-state index in [4.69, 9.17) is 11.1 Å². The molecule has 1 heterocycles. The third-order valence-corrected chi connectivity index (χ3v) is 2.72. The molecule has 3 N–H and O–H groups in total. The van der Waals surface area contributed by atoms with Gasteiger partial charge in [-0.3, -0.25) is 0 Å². The molecular weight excluding hydrogens is 238 g/mol. The Balaban J connectivity index is 2.34. The van der Waals surface area contributed by atoms with Crippen molar-refractivity contribution < 1.29 is 0 Å². The minimum absolute atomic E-state index is 0.447. The van der Waals surface area contributed by atoms with Crippen molar-refractivity contribution >= 4 is 17.2 Å². The number of nitrogens with two attached hydrogens (primary N) is 1. The molecule has 5 nitrogen and oxygen atoms in total. The zero-order valence-corrected chi connectivity index (χ0v) is 10.5. The predicted molar refractivity (Wildman–Crippen MR) is 75.7 cm³/mol. The Labute approximate surface area is 112 Å². The van der Waals surface area contributed by atoms with E-state index in [1.54, 1.807) is 6.20 Å². The highest BCUT2D eigenvalue weighted by atomic mass is 15.3. The van der Waals surface area contributed by atoms with Crippen LogP contribution in [-0.2, 0) is 0 Å². The summed E-state index contributed by atoms with van der Waals surface area (Å²) < 4.78 is 0. The van der Waals surface area contributed by atoms with Crippen molar-refractivity contribution in [2.24, 2.45) is 5.84 Å². The van der Waals surface area contributed by atoms with Crippen LogP contribution in [-0.4, -0.2) is 11.5 Å². The molecule has 19 heavy (non-hydrogen) atoms. The van der Waals surface area contributed by atoms with Gasteiger partial charge in [-0.2, -0.15) is 5.26 Å². The van der Waals surface area contributed by atoms with Crippen molar-refractivity contribution in [2.45, 2.75) is 6.42 Å². The van der Waals surface area contributed by atoms with Crippen molar-refractivity contribution in [3.63, 3.8) is 0 Å². The van der Waals surface area contributed by atoms with Crippen LogP contribution < -0.4 is 16.2 Å². The number of nitrogens with zero attached hydrogens (tertiary/aromatic N) is 3.